The molecule has 25 heavy (non-hydrogen) atoms. The Morgan fingerprint density at radius 1 is 1.16 bits per heavy atom. The topological polar surface area (TPSA) is 70.6 Å². The van der Waals surface area contributed by atoms with Crippen LogP contribution < -0.4 is 4.90 Å². The van der Waals surface area contributed by atoms with Crippen molar-refractivity contribution in [3.05, 3.63) is 18.2 Å². The molecule has 2 aromatic rings. The van der Waals surface area contributed by atoms with Crippen molar-refractivity contribution in [3.63, 3.8) is 0 Å². The van der Waals surface area contributed by atoms with Crippen molar-refractivity contribution in [2.45, 2.75) is 25.7 Å². The van der Waals surface area contributed by atoms with Gasteiger partial charge in [0.05, 0.1) is 15.1 Å². The van der Waals surface area contributed by atoms with E-state index in [1.54, 1.807) is 18.2 Å². The summed E-state index contributed by atoms with van der Waals surface area (Å²) in [5, 5.41) is 0.878. The number of benzene rings is 1. The molecule has 0 unspecified atom stereocenters. The van der Waals surface area contributed by atoms with Crippen LogP contribution in [-0.2, 0) is 14.6 Å². The Kier molecular flexibility index (Phi) is 4.53. The number of amides is 1. The molecular formula is C17H23N3O3S2. The number of aromatic nitrogens is 1. The van der Waals surface area contributed by atoms with Gasteiger partial charge in [0, 0.05) is 37.8 Å². The molecule has 0 N–H and O–H groups in total. The fraction of sp³-hybridized carbons (Fsp3) is 0.529. The number of thiazole rings is 1. The van der Waals surface area contributed by atoms with Gasteiger partial charge < -0.3 is 9.80 Å². The van der Waals surface area contributed by atoms with Gasteiger partial charge in [-0.15, -0.1) is 0 Å². The van der Waals surface area contributed by atoms with Crippen molar-refractivity contribution in [2.24, 2.45) is 5.41 Å². The van der Waals surface area contributed by atoms with E-state index >= 15 is 0 Å². The van der Waals surface area contributed by atoms with Gasteiger partial charge in [0.15, 0.2) is 15.0 Å². The number of anilines is 1. The summed E-state index contributed by atoms with van der Waals surface area (Å²) in [7, 11) is -3.22. The third-order valence-electron chi connectivity index (χ3n) is 4.26. The minimum atomic E-state index is -3.22. The Hall–Kier alpha value is -1.67. The Bertz CT molecular complexity index is 905. The van der Waals surface area contributed by atoms with Crippen molar-refractivity contribution in [3.8, 4) is 0 Å². The number of nitrogens with zero attached hydrogens (tertiary/aromatic N) is 3. The third kappa shape index (κ3) is 3.79. The number of piperazine rings is 1. The second-order valence-corrected chi connectivity index (χ2v) is 10.5. The number of carbonyl (C=O) groups is 1. The summed E-state index contributed by atoms with van der Waals surface area (Å²) in [5.74, 6) is 0.175. The Morgan fingerprint density at radius 3 is 2.36 bits per heavy atom. The summed E-state index contributed by atoms with van der Waals surface area (Å²) in [5.41, 5.74) is 0.445. The predicted molar refractivity (Wildman–Crippen MR) is 101 cm³/mol. The minimum Gasteiger partial charge on any atom is -0.345 e. The van der Waals surface area contributed by atoms with Crippen LogP contribution in [0.3, 0.4) is 0 Å². The summed E-state index contributed by atoms with van der Waals surface area (Å²) in [4.78, 5) is 21.4. The van der Waals surface area contributed by atoms with E-state index in [0.29, 0.717) is 18.0 Å². The first-order valence-electron chi connectivity index (χ1n) is 8.21. The SMILES string of the molecule is CC(C)(C)C(=O)N1CCN(c2nc3ccc(S(C)(=O)=O)cc3s2)CC1. The molecule has 1 fully saturated rings. The Balaban J connectivity index is 1.77. The number of sulfone groups is 1. The highest BCUT2D eigenvalue weighted by Crippen LogP contribution is 2.31. The van der Waals surface area contributed by atoms with E-state index in [2.05, 4.69) is 9.88 Å². The molecule has 0 bridgehead atoms. The van der Waals surface area contributed by atoms with Gasteiger partial charge in [-0.3, -0.25) is 4.79 Å². The fourth-order valence-corrected chi connectivity index (χ4v) is 4.61. The average Bonchev–Trinajstić information content (AvgIpc) is 2.95. The quantitative estimate of drug-likeness (QED) is 0.799. The van der Waals surface area contributed by atoms with Crippen LogP contribution in [0.4, 0.5) is 5.13 Å². The first kappa shape index (κ1) is 18.1. The van der Waals surface area contributed by atoms with Gasteiger partial charge in [0.25, 0.3) is 0 Å². The zero-order valence-electron chi connectivity index (χ0n) is 14.9. The maximum absolute atomic E-state index is 12.4. The minimum absolute atomic E-state index is 0.175. The van der Waals surface area contributed by atoms with Crippen LogP contribution >= 0.6 is 11.3 Å². The van der Waals surface area contributed by atoms with Gasteiger partial charge in [0.1, 0.15) is 0 Å². The van der Waals surface area contributed by atoms with Crippen molar-refractivity contribution in [1.29, 1.82) is 0 Å². The number of carbonyl (C=O) groups excluding carboxylic acids is 1. The third-order valence-corrected chi connectivity index (χ3v) is 6.44. The number of rotatable bonds is 2. The van der Waals surface area contributed by atoms with Gasteiger partial charge in [0.2, 0.25) is 5.91 Å². The maximum Gasteiger partial charge on any atom is 0.228 e. The Morgan fingerprint density at radius 2 is 1.80 bits per heavy atom. The zero-order chi connectivity index (χ0) is 18.4. The van der Waals surface area contributed by atoms with E-state index in [-0.39, 0.29) is 11.3 Å². The van der Waals surface area contributed by atoms with Crippen molar-refractivity contribution in [2.75, 3.05) is 37.3 Å². The normalized spacial score (nSPS) is 16.5. The van der Waals surface area contributed by atoms with Crippen LogP contribution in [0, 0.1) is 5.41 Å². The molecule has 1 aromatic heterocycles. The summed E-state index contributed by atoms with van der Waals surface area (Å²) in [6.45, 7) is 8.65. The van der Waals surface area contributed by atoms with Gasteiger partial charge in [-0.25, -0.2) is 13.4 Å². The summed E-state index contributed by atoms with van der Waals surface area (Å²) in [6.07, 6.45) is 1.21. The number of hydrogen-bond acceptors (Lipinski definition) is 6. The van der Waals surface area contributed by atoms with E-state index in [9.17, 15) is 13.2 Å². The molecule has 2 heterocycles. The molecule has 8 heteroatoms. The lowest BCUT2D eigenvalue weighted by molar-refractivity contribution is -0.139. The monoisotopic (exact) mass is 381 g/mol. The molecular weight excluding hydrogens is 358 g/mol. The lowest BCUT2D eigenvalue weighted by Gasteiger charge is -2.37. The fourth-order valence-electron chi connectivity index (χ4n) is 2.83. The number of fused-ring (bicyclic) bond motifs is 1. The van der Waals surface area contributed by atoms with Gasteiger partial charge in [-0.1, -0.05) is 32.1 Å². The molecule has 0 atom stereocenters. The molecule has 1 aromatic carbocycles. The van der Waals surface area contributed by atoms with E-state index in [4.69, 9.17) is 0 Å². The van der Waals surface area contributed by atoms with Crippen LogP contribution in [0.2, 0.25) is 0 Å². The lowest BCUT2D eigenvalue weighted by Crippen LogP contribution is -2.51. The molecule has 0 aliphatic carbocycles. The molecule has 0 spiro atoms. The van der Waals surface area contributed by atoms with Crippen LogP contribution in [0.25, 0.3) is 10.2 Å². The molecule has 1 saturated heterocycles. The van der Waals surface area contributed by atoms with Crippen molar-refractivity contribution >= 4 is 42.4 Å². The largest absolute Gasteiger partial charge is 0.345 e. The molecule has 6 nitrogen and oxygen atoms in total. The van der Waals surface area contributed by atoms with Crippen LogP contribution in [-0.4, -0.2) is 56.6 Å². The molecule has 0 radical (unpaired) electrons. The summed E-state index contributed by atoms with van der Waals surface area (Å²) < 4.78 is 24.3. The number of hydrogen-bond donors (Lipinski definition) is 0. The molecule has 1 aliphatic heterocycles. The highest BCUT2D eigenvalue weighted by molar-refractivity contribution is 7.90. The predicted octanol–water partition coefficient (Wildman–Crippen LogP) is 2.39. The average molecular weight is 382 g/mol. The van der Waals surface area contributed by atoms with Crippen LogP contribution in [0.5, 0.6) is 0 Å². The van der Waals surface area contributed by atoms with Crippen LogP contribution in [0.15, 0.2) is 23.1 Å². The highest BCUT2D eigenvalue weighted by atomic mass is 32.2. The summed E-state index contributed by atoms with van der Waals surface area (Å²) in [6, 6.07) is 5.04. The van der Waals surface area contributed by atoms with Crippen LogP contribution in [0.1, 0.15) is 20.8 Å². The van der Waals surface area contributed by atoms with Crippen molar-refractivity contribution in [1.82, 2.24) is 9.88 Å². The molecule has 0 saturated carbocycles. The standard InChI is InChI=1S/C17H23N3O3S2/c1-17(2,3)15(21)19-7-9-20(10-8-19)16-18-13-6-5-12(25(4,22)23)11-14(13)24-16/h5-6,11H,7-10H2,1-4H3. The lowest BCUT2D eigenvalue weighted by atomic mass is 9.94. The van der Waals surface area contributed by atoms with Gasteiger partial charge in [-0.2, -0.15) is 0 Å². The van der Waals surface area contributed by atoms with Gasteiger partial charge in [-0.05, 0) is 18.2 Å². The second kappa shape index (κ2) is 6.25. The molecule has 1 aliphatic rings. The first-order chi connectivity index (χ1) is 11.6. The van der Waals surface area contributed by atoms with E-state index in [1.807, 2.05) is 25.7 Å². The summed E-state index contributed by atoms with van der Waals surface area (Å²) >= 11 is 1.50. The highest BCUT2D eigenvalue weighted by Gasteiger charge is 2.30. The second-order valence-electron chi connectivity index (χ2n) is 7.43. The Labute approximate surface area is 152 Å². The smallest absolute Gasteiger partial charge is 0.228 e. The maximum atomic E-state index is 12.4. The molecule has 3 rings (SSSR count). The first-order valence-corrected chi connectivity index (χ1v) is 10.9. The van der Waals surface area contributed by atoms with Crippen molar-refractivity contribution < 1.29 is 13.2 Å². The zero-order valence-corrected chi connectivity index (χ0v) is 16.6. The molecule has 136 valence electrons. The molecule has 1 amide bonds. The van der Waals surface area contributed by atoms with E-state index in [1.165, 1.54) is 17.6 Å². The van der Waals surface area contributed by atoms with E-state index in [0.717, 1.165) is 28.4 Å². The van der Waals surface area contributed by atoms with E-state index < -0.39 is 9.84 Å². The van der Waals surface area contributed by atoms with Gasteiger partial charge >= 0.3 is 0 Å².